The maximum Gasteiger partial charge on any atom is 0.0191 e. The van der Waals surface area contributed by atoms with E-state index >= 15 is 0 Å². The van der Waals surface area contributed by atoms with Gasteiger partial charge >= 0.3 is 0 Å². The van der Waals surface area contributed by atoms with Crippen LogP contribution in [0.5, 0.6) is 0 Å². The highest BCUT2D eigenvalue weighted by atomic mass is 32.2. The monoisotopic (exact) mass is 239 g/mol. The Labute approximate surface area is 107 Å². The minimum Gasteiger partial charge on any atom is -0.161 e. The molecule has 0 unspecified atom stereocenters. The second-order valence-corrected chi connectivity index (χ2v) is 4.58. The smallest absolute Gasteiger partial charge is 0.0191 e. The quantitative estimate of drug-likeness (QED) is 0.767. The van der Waals surface area contributed by atoms with E-state index in [9.17, 15) is 0 Å². The van der Waals surface area contributed by atoms with Crippen LogP contribution in [0, 0.1) is 6.08 Å². The highest BCUT2D eigenvalue weighted by molar-refractivity contribution is 7.98. The predicted octanol–water partition coefficient (Wildman–Crippen LogP) is 4.28. The normalized spacial score (nSPS) is 9.94. The highest BCUT2D eigenvalue weighted by Crippen LogP contribution is 2.22. The van der Waals surface area contributed by atoms with Crippen molar-refractivity contribution in [2.75, 3.05) is 12.0 Å². The van der Waals surface area contributed by atoms with E-state index < -0.39 is 0 Å². The van der Waals surface area contributed by atoms with Gasteiger partial charge in [-0.3, -0.25) is 0 Å². The number of thioether (sulfide) groups is 1. The van der Waals surface area contributed by atoms with Crippen molar-refractivity contribution < 1.29 is 0 Å². The van der Waals surface area contributed by atoms with Crippen LogP contribution in [0.15, 0.2) is 60.7 Å². The minimum absolute atomic E-state index is 0.916. The number of benzene rings is 2. The van der Waals surface area contributed by atoms with E-state index in [2.05, 4.69) is 60.9 Å². The zero-order valence-electron chi connectivity index (χ0n) is 9.89. The van der Waals surface area contributed by atoms with Gasteiger partial charge in [0.2, 0.25) is 0 Å². The number of hydrogen-bond acceptors (Lipinski definition) is 1. The standard InChI is InChI=1S/C16H15S/c1-17-13-12-16(14-8-4-2-5-9-14)15-10-6-3-7-11-15/h2-11H,13H2,1H3. The van der Waals surface area contributed by atoms with Gasteiger partial charge in [0.05, 0.1) is 0 Å². The molecule has 17 heavy (non-hydrogen) atoms. The molecule has 0 aliphatic carbocycles. The molecule has 0 aromatic heterocycles. The largest absolute Gasteiger partial charge is 0.161 e. The topological polar surface area (TPSA) is 0 Å². The van der Waals surface area contributed by atoms with Gasteiger partial charge in [0.1, 0.15) is 0 Å². The van der Waals surface area contributed by atoms with Crippen LogP contribution in [-0.2, 0) is 0 Å². The number of hydrogen-bond donors (Lipinski definition) is 0. The van der Waals surface area contributed by atoms with Gasteiger partial charge in [-0.05, 0) is 29.0 Å². The Bertz CT molecular complexity index is 430. The molecule has 0 aliphatic rings. The summed E-state index contributed by atoms with van der Waals surface area (Å²) in [5.41, 5.74) is 3.65. The molecule has 0 atom stereocenters. The van der Waals surface area contributed by atoms with E-state index in [-0.39, 0.29) is 0 Å². The summed E-state index contributed by atoms with van der Waals surface area (Å²) in [4.78, 5) is 0. The molecule has 0 saturated carbocycles. The first kappa shape index (κ1) is 12.0. The summed E-state index contributed by atoms with van der Waals surface area (Å²) in [6.45, 7) is 0. The lowest BCUT2D eigenvalue weighted by Crippen LogP contribution is -1.89. The van der Waals surface area contributed by atoms with E-state index in [1.807, 2.05) is 12.1 Å². The van der Waals surface area contributed by atoms with Gasteiger partial charge in [0, 0.05) is 5.75 Å². The van der Waals surface area contributed by atoms with E-state index in [4.69, 9.17) is 0 Å². The lowest BCUT2D eigenvalue weighted by atomic mass is 9.98. The van der Waals surface area contributed by atoms with Gasteiger partial charge in [-0.2, -0.15) is 11.8 Å². The Kier molecular flexibility index (Phi) is 4.45. The Morgan fingerprint density at radius 3 is 1.76 bits per heavy atom. The lowest BCUT2D eigenvalue weighted by molar-refractivity contribution is 1.51. The molecule has 2 aromatic carbocycles. The molecule has 2 rings (SSSR count). The van der Waals surface area contributed by atoms with Crippen LogP contribution in [0.3, 0.4) is 0 Å². The Hall–Kier alpha value is -1.47. The summed E-state index contributed by atoms with van der Waals surface area (Å²) in [5.74, 6) is 0.916. The van der Waals surface area contributed by atoms with Gasteiger partial charge in [0.25, 0.3) is 0 Å². The van der Waals surface area contributed by atoms with E-state index in [0.29, 0.717) is 0 Å². The summed E-state index contributed by atoms with van der Waals surface area (Å²) >= 11 is 1.79. The van der Waals surface area contributed by atoms with Crippen LogP contribution in [0.2, 0.25) is 0 Å². The molecule has 0 heterocycles. The van der Waals surface area contributed by atoms with Gasteiger partial charge in [-0.15, -0.1) is 0 Å². The van der Waals surface area contributed by atoms with Crippen LogP contribution in [0.4, 0.5) is 0 Å². The van der Waals surface area contributed by atoms with Gasteiger partial charge in [-0.1, -0.05) is 60.7 Å². The van der Waals surface area contributed by atoms with Crippen molar-refractivity contribution in [1.82, 2.24) is 0 Å². The Morgan fingerprint density at radius 1 is 0.882 bits per heavy atom. The first-order valence-electron chi connectivity index (χ1n) is 5.62. The van der Waals surface area contributed by atoms with Gasteiger partial charge in [0.15, 0.2) is 0 Å². The van der Waals surface area contributed by atoms with Crippen molar-refractivity contribution in [3.05, 3.63) is 77.9 Å². The molecular weight excluding hydrogens is 224 g/mol. The molecule has 2 aromatic rings. The van der Waals surface area contributed by atoms with Crippen LogP contribution in [0.25, 0.3) is 5.57 Å². The first-order valence-corrected chi connectivity index (χ1v) is 7.02. The molecule has 1 radical (unpaired) electrons. The third-order valence-electron chi connectivity index (χ3n) is 2.52. The molecule has 85 valence electrons. The molecule has 0 spiro atoms. The fourth-order valence-corrected chi connectivity index (χ4v) is 2.01. The van der Waals surface area contributed by atoms with E-state index in [1.165, 1.54) is 16.7 Å². The minimum atomic E-state index is 0.916. The zero-order valence-corrected chi connectivity index (χ0v) is 10.7. The molecule has 0 fully saturated rings. The summed E-state index contributed by atoms with van der Waals surface area (Å²) in [5, 5.41) is 0. The average Bonchev–Trinajstić information content (AvgIpc) is 2.42. The molecule has 0 N–H and O–H groups in total. The van der Waals surface area contributed by atoms with Crippen molar-refractivity contribution in [1.29, 1.82) is 0 Å². The molecule has 0 amide bonds. The second-order valence-electron chi connectivity index (χ2n) is 3.72. The first-order chi connectivity index (χ1) is 8.42. The zero-order chi connectivity index (χ0) is 11.9. The highest BCUT2D eigenvalue weighted by Gasteiger charge is 2.03. The van der Waals surface area contributed by atoms with Crippen molar-refractivity contribution in [2.24, 2.45) is 0 Å². The van der Waals surface area contributed by atoms with Crippen molar-refractivity contribution >= 4 is 17.3 Å². The number of rotatable bonds is 4. The Morgan fingerprint density at radius 2 is 1.35 bits per heavy atom. The van der Waals surface area contributed by atoms with Crippen LogP contribution >= 0.6 is 11.8 Å². The van der Waals surface area contributed by atoms with E-state index in [0.717, 1.165) is 5.75 Å². The molecule has 0 saturated heterocycles. The van der Waals surface area contributed by atoms with Crippen LogP contribution < -0.4 is 0 Å². The fraction of sp³-hybridized carbons (Fsp3) is 0.125. The second kappa shape index (κ2) is 6.31. The van der Waals surface area contributed by atoms with Crippen molar-refractivity contribution in [3.8, 4) is 0 Å². The van der Waals surface area contributed by atoms with Crippen LogP contribution in [-0.4, -0.2) is 12.0 Å². The predicted molar refractivity (Wildman–Crippen MR) is 77.0 cm³/mol. The third-order valence-corrected chi connectivity index (χ3v) is 2.95. The molecule has 0 nitrogen and oxygen atoms in total. The van der Waals surface area contributed by atoms with Crippen molar-refractivity contribution in [2.45, 2.75) is 0 Å². The van der Waals surface area contributed by atoms with Crippen molar-refractivity contribution in [3.63, 3.8) is 0 Å². The average molecular weight is 239 g/mol. The Balaban J connectivity index is 2.40. The summed E-state index contributed by atoms with van der Waals surface area (Å²) < 4.78 is 0. The summed E-state index contributed by atoms with van der Waals surface area (Å²) in [6.07, 6.45) is 5.58. The SMILES string of the molecule is CSC[C]=C(c1ccccc1)c1ccccc1. The maximum atomic E-state index is 3.48. The van der Waals surface area contributed by atoms with Crippen LogP contribution in [0.1, 0.15) is 11.1 Å². The third kappa shape index (κ3) is 3.24. The molecule has 0 bridgehead atoms. The summed E-state index contributed by atoms with van der Waals surface area (Å²) in [6, 6.07) is 20.9. The van der Waals surface area contributed by atoms with Gasteiger partial charge in [-0.25, -0.2) is 0 Å². The fourth-order valence-electron chi connectivity index (χ4n) is 1.72. The molecular formula is C16H15S. The lowest BCUT2D eigenvalue weighted by Gasteiger charge is -2.07. The van der Waals surface area contributed by atoms with E-state index in [1.54, 1.807) is 11.8 Å². The summed E-state index contributed by atoms with van der Waals surface area (Å²) in [7, 11) is 0. The molecule has 0 aliphatic heterocycles. The maximum absolute atomic E-state index is 3.48. The van der Waals surface area contributed by atoms with Gasteiger partial charge < -0.3 is 0 Å². The molecule has 1 heteroatoms.